The predicted octanol–water partition coefficient (Wildman–Crippen LogP) is 2.48. The van der Waals surface area contributed by atoms with Gasteiger partial charge in [-0.3, -0.25) is 0 Å². The third-order valence-electron chi connectivity index (χ3n) is 3.77. The molecule has 1 saturated heterocycles. The fraction of sp³-hybridized carbons (Fsp3) is 1.00. The number of piperidine rings is 1. The number of nitrogens with two attached hydrogens (primary N) is 1. The highest BCUT2D eigenvalue weighted by molar-refractivity contribution is 4.80. The Hall–Kier alpha value is -0.0800. The third-order valence-corrected chi connectivity index (χ3v) is 3.77. The van der Waals surface area contributed by atoms with Gasteiger partial charge in [0.1, 0.15) is 0 Å². The standard InChI is InChI=1S/C13H28N2/c1-11(2)15-7-5-12(6-8-15)9-13(3,4)10-14/h11-12H,5-10,14H2,1-4H3. The van der Waals surface area contributed by atoms with Gasteiger partial charge in [-0.05, 0) is 64.1 Å². The Balaban J connectivity index is 2.32. The van der Waals surface area contributed by atoms with Crippen LogP contribution in [0.1, 0.15) is 47.0 Å². The quantitative estimate of drug-likeness (QED) is 0.776. The Bertz CT molecular complexity index is 179. The van der Waals surface area contributed by atoms with Crippen LogP contribution in [0.25, 0.3) is 0 Å². The molecule has 1 fully saturated rings. The van der Waals surface area contributed by atoms with Crippen molar-refractivity contribution in [2.45, 2.75) is 53.0 Å². The second-order valence-corrected chi connectivity index (χ2v) is 6.15. The number of nitrogens with zero attached hydrogens (tertiary/aromatic N) is 1. The summed E-state index contributed by atoms with van der Waals surface area (Å²) in [5, 5.41) is 0. The molecule has 0 aromatic rings. The molecule has 2 heteroatoms. The van der Waals surface area contributed by atoms with E-state index in [2.05, 4.69) is 32.6 Å². The van der Waals surface area contributed by atoms with E-state index in [9.17, 15) is 0 Å². The van der Waals surface area contributed by atoms with Gasteiger partial charge >= 0.3 is 0 Å². The van der Waals surface area contributed by atoms with Crippen molar-refractivity contribution >= 4 is 0 Å². The smallest absolute Gasteiger partial charge is 0.00385 e. The lowest BCUT2D eigenvalue weighted by Crippen LogP contribution is -2.40. The SMILES string of the molecule is CC(C)N1CCC(CC(C)(C)CN)CC1. The van der Waals surface area contributed by atoms with Crippen molar-refractivity contribution in [3.8, 4) is 0 Å². The molecule has 0 amide bonds. The maximum atomic E-state index is 5.79. The van der Waals surface area contributed by atoms with Gasteiger partial charge in [-0.2, -0.15) is 0 Å². The molecule has 0 bridgehead atoms. The summed E-state index contributed by atoms with van der Waals surface area (Å²) in [5.74, 6) is 0.901. The first-order chi connectivity index (χ1) is 6.94. The fourth-order valence-corrected chi connectivity index (χ4v) is 2.54. The minimum absolute atomic E-state index is 0.338. The van der Waals surface area contributed by atoms with Gasteiger partial charge in [-0.15, -0.1) is 0 Å². The molecule has 15 heavy (non-hydrogen) atoms. The van der Waals surface area contributed by atoms with Gasteiger partial charge in [0.05, 0.1) is 0 Å². The van der Waals surface area contributed by atoms with Crippen molar-refractivity contribution in [1.29, 1.82) is 0 Å². The Morgan fingerprint density at radius 2 is 1.80 bits per heavy atom. The first-order valence-corrected chi connectivity index (χ1v) is 6.39. The molecule has 0 spiro atoms. The van der Waals surface area contributed by atoms with E-state index in [1.807, 2.05) is 0 Å². The number of likely N-dealkylation sites (tertiary alicyclic amines) is 1. The molecule has 0 aromatic heterocycles. The summed E-state index contributed by atoms with van der Waals surface area (Å²) in [6.45, 7) is 12.6. The minimum Gasteiger partial charge on any atom is -0.330 e. The summed E-state index contributed by atoms with van der Waals surface area (Å²) >= 11 is 0. The third kappa shape index (κ3) is 4.12. The van der Waals surface area contributed by atoms with E-state index in [-0.39, 0.29) is 0 Å². The lowest BCUT2D eigenvalue weighted by Gasteiger charge is -2.37. The molecule has 2 nitrogen and oxygen atoms in total. The van der Waals surface area contributed by atoms with Crippen molar-refractivity contribution in [2.75, 3.05) is 19.6 Å². The molecule has 1 aliphatic heterocycles. The van der Waals surface area contributed by atoms with Crippen molar-refractivity contribution in [3.05, 3.63) is 0 Å². The van der Waals surface area contributed by atoms with Crippen LogP contribution in [-0.4, -0.2) is 30.6 Å². The molecule has 0 aromatic carbocycles. The number of rotatable bonds is 4. The lowest BCUT2D eigenvalue weighted by molar-refractivity contribution is 0.124. The fourth-order valence-electron chi connectivity index (χ4n) is 2.54. The van der Waals surface area contributed by atoms with E-state index < -0.39 is 0 Å². The Morgan fingerprint density at radius 3 is 2.20 bits per heavy atom. The summed E-state index contributed by atoms with van der Waals surface area (Å²) in [6, 6.07) is 0.716. The molecule has 1 heterocycles. The molecule has 90 valence electrons. The summed E-state index contributed by atoms with van der Waals surface area (Å²) in [6.07, 6.45) is 4.03. The maximum Gasteiger partial charge on any atom is 0.00385 e. The highest BCUT2D eigenvalue weighted by Gasteiger charge is 2.26. The van der Waals surface area contributed by atoms with Crippen molar-refractivity contribution in [2.24, 2.45) is 17.1 Å². The van der Waals surface area contributed by atoms with Crippen LogP contribution < -0.4 is 5.73 Å². The van der Waals surface area contributed by atoms with Crippen LogP contribution in [0.3, 0.4) is 0 Å². The molecule has 0 radical (unpaired) electrons. The summed E-state index contributed by atoms with van der Waals surface area (Å²) in [4.78, 5) is 2.59. The van der Waals surface area contributed by atoms with Crippen LogP contribution in [0.2, 0.25) is 0 Å². The zero-order valence-corrected chi connectivity index (χ0v) is 10.9. The Labute approximate surface area is 95.2 Å². The molecule has 1 aliphatic rings. The zero-order valence-electron chi connectivity index (χ0n) is 10.9. The molecule has 0 aliphatic carbocycles. The molecule has 1 rings (SSSR count). The average Bonchev–Trinajstić information content (AvgIpc) is 2.18. The maximum absolute atomic E-state index is 5.79. The second kappa shape index (κ2) is 5.31. The van der Waals surface area contributed by atoms with E-state index >= 15 is 0 Å². The van der Waals surface area contributed by atoms with Gasteiger partial charge in [-0.25, -0.2) is 0 Å². The normalized spacial score (nSPS) is 21.2. The van der Waals surface area contributed by atoms with Gasteiger partial charge in [0, 0.05) is 6.04 Å². The van der Waals surface area contributed by atoms with E-state index in [1.165, 1.54) is 32.4 Å². The van der Waals surface area contributed by atoms with Crippen LogP contribution in [0.5, 0.6) is 0 Å². The van der Waals surface area contributed by atoms with E-state index in [1.54, 1.807) is 0 Å². The van der Waals surface area contributed by atoms with E-state index in [0.29, 0.717) is 11.5 Å². The van der Waals surface area contributed by atoms with Gasteiger partial charge in [0.25, 0.3) is 0 Å². The Morgan fingerprint density at radius 1 is 1.27 bits per heavy atom. The summed E-state index contributed by atoms with van der Waals surface area (Å²) < 4.78 is 0. The van der Waals surface area contributed by atoms with E-state index in [0.717, 1.165) is 12.5 Å². The van der Waals surface area contributed by atoms with Crippen LogP contribution >= 0.6 is 0 Å². The lowest BCUT2D eigenvalue weighted by atomic mass is 9.79. The van der Waals surface area contributed by atoms with E-state index in [4.69, 9.17) is 5.73 Å². The Kier molecular flexibility index (Phi) is 4.60. The van der Waals surface area contributed by atoms with Crippen LogP contribution in [-0.2, 0) is 0 Å². The van der Waals surface area contributed by atoms with Crippen LogP contribution in [0, 0.1) is 11.3 Å². The van der Waals surface area contributed by atoms with Gasteiger partial charge in [0.15, 0.2) is 0 Å². The molecular weight excluding hydrogens is 184 g/mol. The first kappa shape index (κ1) is 13.0. The predicted molar refractivity (Wildman–Crippen MR) is 66.9 cm³/mol. The first-order valence-electron chi connectivity index (χ1n) is 6.39. The van der Waals surface area contributed by atoms with Gasteiger partial charge in [-0.1, -0.05) is 13.8 Å². The molecular formula is C13H28N2. The van der Waals surface area contributed by atoms with Crippen molar-refractivity contribution in [1.82, 2.24) is 4.90 Å². The van der Waals surface area contributed by atoms with Crippen LogP contribution in [0.15, 0.2) is 0 Å². The number of hydrogen-bond donors (Lipinski definition) is 1. The van der Waals surface area contributed by atoms with Crippen molar-refractivity contribution in [3.63, 3.8) is 0 Å². The zero-order chi connectivity index (χ0) is 11.5. The highest BCUT2D eigenvalue weighted by atomic mass is 15.1. The van der Waals surface area contributed by atoms with Crippen LogP contribution in [0.4, 0.5) is 0 Å². The molecule has 0 atom stereocenters. The average molecular weight is 212 g/mol. The van der Waals surface area contributed by atoms with Gasteiger partial charge < -0.3 is 10.6 Å². The second-order valence-electron chi connectivity index (χ2n) is 6.15. The van der Waals surface area contributed by atoms with Gasteiger partial charge in [0.2, 0.25) is 0 Å². The van der Waals surface area contributed by atoms with Crippen molar-refractivity contribution < 1.29 is 0 Å². The summed E-state index contributed by atoms with van der Waals surface area (Å²) in [5.41, 5.74) is 6.13. The largest absolute Gasteiger partial charge is 0.330 e. The monoisotopic (exact) mass is 212 g/mol. The highest BCUT2D eigenvalue weighted by Crippen LogP contribution is 2.30. The molecule has 0 saturated carbocycles. The molecule has 2 N–H and O–H groups in total. The molecule has 0 unspecified atom stereocenters. The minimum atomic E-state index is 0.338. The summed E-state index contributed by atoms with van der Waals surface area (Å²) in [7, 11) is 0. The topological polar surface area (TPSA) is 29.3 Å². The number of hydrogen-bond acceptors (Lipinski definition) is 2.